The summed E-state index contributed by atoms with van der Waals surface area (Å²) >= 11 is 0. The van der Waals surface area contributed by atoms with Crippen LogP contribution >= 0.6 is 0 Å². The molecule has 2 rings (SSSR count). The van der Waals surface area contributed by atoms with Crippen molar-refractivity contribution in [3.63, 3.8) is 0 Å². The van der Waals surface area contributed by atoms with Gasteiger partial charge in [-0.15, -0.1) is 0 Å². The van der Waals surface area contributed by atoms with Gasteiger partial charge >= 0.3 is 0 Å². The van der Waals surface area contributed by atoms with Crippen LogP contribution in [0, 0.1) is 11.8 Å². The van der Waals surface area contributed by atoms with E-state index in [0.29, 0.717) is 18.4 Å². The summed E-state index contributed by atoms with van der Waals surface area (Å²) in [6.45, 7) is 5.08. The molecule has 0 amide bonds. The molecule has 1 saturated carbocycles. The zero-order valence-electron chi connectivity index (χ0n) is 12.0. The van der Waals surface area contributed by atoms with Crippen LogP contribution < -0.4 is 5.32 Å². The van der Waals surface area contributed by atoms with Crippen molar-refractivity contribution < 1.29 is 5.11 Å². The molecule has 2 N–H and O–H groups in total. The van der Waals surface area contributed by atoms with Gasteiger partial charge in [0.1, 0.15) is 0 Å². The van der Waals surface area contributed by atoms with E-state index in [9.17, 15) is 5.11 Å². The Balaban J connectivity index is 1.90. The van der Waals surface area contributed by atoms with Crippen molar-refractivity contribution >= 4 is 0 Å². The van der Waals surface area contributed by atoms with E-state index in [1.54, 1.807) is 6.20 Å². The number of nitrogens with zero attached hydrogens (tertiary/aromatic N) is 1. The zero-order chi connectivity index (χ0) is 13.7. The Morgan fingerprint density at radius 2 is 2.11 bits per heavy atom. The van der Waals surface area contributed by atoms with Crippen LogP contribution in [0.15, 0.2) is 24.5 Å². The third-order valence-electron chi connectivity index (χ3n) is 4.20. The quantitative estimate of drug-likeness (QED) is 0.828. The maximum atomic E-state index is 10.2. The lowest BCUT2D eigenvalue weighted by molar-refractivity contribution is 0.103. The number of aliphatic hydroxyl groups is 1. The van der Waals surface area contributed by atoms with Gasteiger partial charge in [0, 0.05) is 25.0 Å². The normalized spacial score (nSPS) is 19.8. The highest BCUT2D eigenvalue weighted by molar-refractivity contribution is 5.14. The average Bonchev–Trinajstić information content (AvgIpc) is 2.93. The third-order valence-corrected chi connectivity index (χ3v) is 4.20. The molecule has 1 aromatic rings. The number of aliphatic hydroxyl groups excluding tert-OH is 1. The maximum Gasteiger partial charge on any atom is 0.0692 e. The second kappa shape index (κ2) is 7.01. The number of nitrogens with one attached hydrogen (secondary N) is 1. The number of aromatic nitrogens is 1. The lowest BCUT2D eigenvalue weighted by Crippen LogP contribution is -2.36. The van der Waals surface area contributed by atoms with Gasteiger partial charge in [0.2, 0.25) is 0 Å². The molecule has 106 valence electrons. The van der Waals surface area contributed by atoms with E-state index < -0.39 is 0 Å². The van der Waals surface area contributed by atoms with E-state index in [-0.39, 0.29) is 12.1 Å². The fourth-order valence-electron chi connectivity index (χ4n) is 3.05. The molecule has 2 atom stereocenters. The Hall–Kier alpha value is -0.930. The van der Waals surface area contributed by atoms with Crippen molar-refractivity contribution in [3.05, 3.63) is 30.1 Å². The smallest absolute Gasteiger partial charge is 0.0692 e. The molecular weight excluding hydrogens is 236 g/mol. The van der Waals surface area contributed by atoms with Crippen molar-refractivity contribution in [3.8, 4) is 0 Å². The second-order valence-corrected chi connectivity index (χ2v) is 6.03. The average molecular weight is 262 g/mol. The topological polar surface area (TPSA) is 45.1 Å². The van der Waals surface area contributed by atoms with E-state index >= 15 is 0 Å². The summed E-state index contributed by atoms with van der Waals surface area (Å²) in [4.78, 5) is 4.19. The van der Waals surface area contributed by atoms with Crippen molar-refractivity contribution in [2.24, 2.45) is 11.8 Å². The van der Waals surface area contributed by atoms with E-state index in [1.807, 2.05) is 12.3 Å². The largest absolute Gasteiger partial charge is 0.392 e. The maximum absolute atomic E-state index is 10.2. The number of hydrogen-bond donors (Lipinski definition) is 2. The highest BCUT2D eigenvalue weighted by atomic mass is 16.3. The summed E-state index contributed by atoms with van der Waals surface area (Å²) in [7, 11) is 0. The van der Waals surface area contributed by atoms with Crippen LogP contribution in [0.1, 0.15) is 51.1 Å². The predicted octanol–water partition coefficient (Wildman–Crippen LogP) is 2.92. The van der Waals surface area contributed by atoms with Crippen molar-refractivity contribution in [1.29, 1.82) is 0 Å². The van der Waals surface area contributed by atoms with Gasteiger partial charge in [0.25, 0.3) is 0 Å². The van der Waals surface area contributed by atoms with Crippen molar-refractivity contribution in [2.45, 2.75) is 51.7 Å². The Bertz CT molecular complexity index is 360. The standard InChI is InChI=1S/C16H26N2O/c1-12(2)16(14-8-5-9-17-10-14)18-11-15(19)13-6-3-4-7-13/h5,8-10,12-13,15-16,18-19H,3-4,6-7,11H2,1-2H3. The summed E-state index contributed by atoms with van der Waals surface area (Å²) in [6, 6.07) is 4.34. The number of pyridine rings is 1. The second-order valence-electron chi connectivity index (χ2n) is 6.03. The van der Waals surface area contributed by atoms with Gasteiger partial charge in [-0.05, 0) is 36.3 Å². The lowest BCUT2D eigenvalue weighted by atomic mass is 9.95. The van der Waals surface area contributed by atoms with Crippen LogP contribution in [0.5, 0.6) is 0 Å². The van der Waals surface area contributed by atoms with Crippen LogP contribution in [0.3, 0.4) is 0 Å². The van der Waals surface area contributed by atoms with Crippen molar-refractivity contribution in [2.75, 3.05) is 6.54 Å². The number of rotatable bonds is 6. The van der Waals surface area contributed by atoms with Crippen LogP contribution in [0.25, 0.3) is 0 Å². The van der Waals surface area contributed by atoms with Gasteiger partial charge in [-0.3, -0.25) is 4.98 Å². The molecule has 0 bridgehead atoms. The molecule has 3 nitrogen and oxygen atoms in total. The minimum atomic E-state index is -0.208. The van der Waals surface area contributed by atoms with E-state index in [1.165, 1.54) is 31.2 Å². The first-order valence-electron chi connectivity index (χ1n) is 7.50. The molecule has 2 unspecified atom stereocenters. The first-order chi connectivity index (χ1) is 9.18. The molecule has 1 aliphatic carbocycles. The minimum absolute atomic E-state index is 0.208. The fraction of sp³-hybridized carbons (Fsp3) is 0.688. The van der Waals surface area contributed by atoms with Crippen LogP contribution in [0.4, 0.5) is 0 Å². The zero-order valence-corrected chi connectivity index (χ0v) is 12.0. The Morgan fingerprint density at radius 1 is 1.37 bits per heavy atom. The Morgan fingerprint density at radius 3 is 2.68 bits per heavy atom. The fourth-order valence-corrected chi connectivity index (χ4v) is 3.05. The summed E-state index contributed by atoms with van der Waals surface area (Å²) < 4.78 is 0. The van der Waals surface area contributed by atoms with Gasteiger partial charge in [-0.2, -0.15) is 0 Å². The molecule has 0 spiro atoms. The molecular formula is C16H26N2O. The summed E-state index contributed by atoms with van der Waals surface area (Å²) in [5.74, 6) is 0.981. The molecule has 0 aromatic carbocycles. The van der Waals surface area contributed by atoms with Gasteiger partial charge in [-0.25, -0.2) is 0 Å². The summed E-state index contributed by atoms with van der Waals surface area (Å²) in [5.41, 5.74) is 1.20. The monoisotopic (exact) mass is 262 g/mol. The highest BCUT2D eigenvalue weighted by Crippen LogP contribution is 2.28. The van der Waals surface area contributed by atoms with Gasteiger partial charge < -0.3 is 10.4 Å². The van der Waals surface area contributed by atoms with Gasteiger partial charge in [-0.1, -0.05) is 32.8 Å². The van der Waals surface area contributed by atoms with E-state index in [2.05, 4.69) is 30.2 Å². The predicted molar refractivity (Wildman–Crippen MR) is 77.8 cm³/mol. The Kier molecular flexibility index (Phi) is 5.34. The molecule has 19 heavy (non-hydrogen) atoms. The summed E-state index contributed by atoms with van der Waals surface area (Å²) in [5, 5.41) is 13.8. The molecule has 3 heteroatoms. The minimum Gasteiger partial charge on any atom is -0.392 e. The van der Waals surface area contributed by atoms with Crippen LogP contribution in [-0.4, -0.2) is 22.7 Å². The first kappa shape index (κ1) is 14.5. The highest BCUT2D eigenvalue weighted by Gasteiger charge is 2.24. The molecule has 0 radical (unpaired) electrons. The SMILES string of the molecule is CC(C)C(NCC(O)C1CCCC1)c1cccnc1. The van der Waals surface area contributed by atoms with E-state index in [0.717, 1.165) is 0 Å². The molecule has 1 aromatic heterocycles. The molecule has 1 heterocycles. The lowest BCUT2D eigenvalue weighted by Gasteiger charge is -2.26. The number of hydrogen-bond acceptors (Lipinski definition) is 3. The Labute approximate surface area is 116 Å². The third kappa shape index (κ3) is 4.02. The van der Waals surface area contributed by atoms with E-state index in [4.69, 9.17) is 0 Å². The molecule has 0 saturated heterocycles. The molecule has 0 aliphatic heterocycles. The first-order valence-corrected chi connectivity index (χ1v) is 7.50. The van der Waals surface area contributed by atoms with Crippen LogP contribution in [-0.2, 0) is 0 Å². The van der Waals surface area contributed by atoms with Gasteiger partial charge in [0.05, 0.1) is 6.10 Å². The molecule has 1 fully saturated rings. The van der Waals surface area contributed by atoms with Crippen molar-refractivity contribution in [1.82, 2.24) is 10.3 Å². The van der Waals surface area contributed by atoms with Crippen LogP contribution in [0.2, 0.25) is 0 Å². The molecule has 1 aliphatic rings. The van der Waals surface area contributed by atoms with Gasteiger partial charge in [0.15, 0.2) is 0 Å². The summed E-state index contributed by atoms with van der Waals surface area (Å²) in [6.07, 6.45) is 8.42.